The molecule has 320 valence electrons. The lowest BCUT2D eigenvalue weighted by Gasteiger charge is -2.40. The number of carbonyl (C=O) groups is 1. The second kappa shape index (κ2) is 36.5. The molecule has 9 nitrogen and oxygen atoms in total. The Morgan fingerprint density at radius 1 is 0.600 bits per heavy atom. The molecular formula is C46H83NO8. The highest BCUT2D eigenvalue weighted by Crippen LogP contribution is 2.22. The highest BCUT2D eigenvalue weighted by atomic mass is 16.7. The van der Waals surface area contributed by atoms with Crippen molar-refractivity contribution in [2.75, 3.05) is 13.2 Å². The van der Waals surface area contributed by atoms with Gasteiger partial charge in [-0.1, -0.05) is 152 Å². The highest BCUT2D eigenvalue weighted by molar-refractivity contribution is 5.76. The number of amides is 1. The monoisotopic (exact) mass is 778 g/mol. The molecule has 1 heterocycles. The SMILES string of the molecule is CCCCCCCC/C=C\CCCCCC(=O)NC(COC1OC(CO)C(O)C(O)C1O)C(O)/C=C/CC/C=C/CC/C=C/CCCCCCCCCCC. The van der Waals surface area contributed by atoms with Crippen LogP contribution in [-0.4, -0.2) is 87.5 Å². The van der Waals surface area contributed by atoms with Crippen molar-refractivity contribution in [2.24, 2.45) is 0 Å². The third-order valence-electron chi connectivity index (χ3n) is 10.4. The molecule has 6 N–H and O–H groups in total. The van der Waals surface area contributed by atoms with Crippen LogP contribution in [0.1, 0.15) is 181 Å². The maximum Gasteiger partial charge on any atom is 0.220 e. The number of ether oxygens (including phenoxy) is 2. The summed E-state index contributed by atoms with van der Waals surface area (Å²) in [6.07, 6.45) is 38.7. The summed E-state index contributed by atoms with van der Waals surface area (Å²) >= 11 is 0. The van der Waals surface area contributed by atoms with Gasteiger partial charge in [0, 0.05) is 6.42 Å². The molecule has 0 spiro atoms. The van der Waals surface area contributed by atoms with Gasteiger partial charge in [0.2, 0.25) is 5.91 Å². The smallest absolute Gasteiger partial charge is 0.220 e. The number of hydrogen-bond donors (Lipinski definition) is 6. The number of aliphatic hydroxyl groups excluding tert-OH is 5. The minimum atomic E-state index is -1.58. The van der Waals surface area contributed by atoms with Crippen molar-refractivity contribution in [3.8, 4) is 0 Å². The van der Waals surface area contributed by atoms with Crippen molar-refractivity contribution >= 4 is 5.91 Å². The predicted octanol–water partition coefficient (Wildman–Crippen LogP) is 9.06. The average molecular weight is 778 g/mol. The van der Waals surface area contributed by atoms with Crippen LogP contribution < -0.4 is 5.32 Å². The van der Waals surface area contributed by atoms with Gasteiger partial charge in [0.15, 0.2) is 6.29 Å². The predicted molar refractivity (Wildman–Crippen MR) is 226 cm³/mol. The van der Waals surface area contributed by atoms with Gasteiger partial charge in [0.05, 0.1) is 25.4 Å². The first-order valence-corrected chi connectivity index (χ1v) is 22.4. The molecular weight excluding hydrogens is 695 g/mol. The molecule has 0 radical (unpaired) electrons. The van der Waals surface area contributed by atoms with E-state index in [0.29, 0.717) is 6.42 Å². The Hall–Kier alpha value is -1.85. The molecule has 9 heteroatoms. The van der Waals surface area contributed by atoms with E-state index in [1.807, 2.05) is 6.08 Å². The molecule has 0 saturated carbocycles. The molecule has 0 bridgehead atoms. The normalized spacial score (nSPS) is 21.8. The van der Waals surface area contributed by atoms with Crippen molar-refractivity contribution in [1.29, 1.82) is 0 Å². The van der Waals surface area contributed by atoms with Crippen molar-refractivity contribution in [3.63, 3.8) is 0 Å². The fourth-order valence-corrected chi connectivity index (χ4v) is 6.71. The molecule has 55 heavy (non-hydrogen) atoms. The third-order valence-corrected chi connectivity index (χ3v) is 10.4. The van der Waals surface area contributed by atoms with Crippen LogP contribution in [0.2, 0.25) is 0 Å². The maximum absolute atomic E-state index is 12.9. The molecule has 0 aromatic carbocycles. The molecule has 1 aliphatic heterocycles. The summed E-state index contributed by atoms with van der Waals surface area (Å²) < 4.78 is 11.2. The van der Waals surface area contributed by atoms with Crippen LogP contribution in [0.4, 0.5) is 0 Å². The number of unbranched alkanes of at least 4 members (excludes halogenated alkanes) is 20. The topological polar surface area (TPSA) is 149 Å². The van der Waals surface area contributed by atoms with E-state index >= 15 is 0 Å². The van der Waals surface area contributed by atoms with Crippen LogP contribution in [0.3, 0.4) is 0 Å². The Morgan fingerprint density at radius 2 is 1.04 bits per heavy atom. The first-order valence-electron chi connectivity index (χ1n) is 22.4. The largest absolute Gasteiger partial charge is 0.394 e. The Morgan fingerprint density at radius 3 is 1.53 bits per heavy atom. The number of rotatable bonds is 36. The zero-order chi connectivity index (χ0) is 40.2. The minimum absolute atomic E-state index is 0.210. The molecule has 7 atom stereocenters. The number of carbonyl (C=O) groups excluding carboxylic acids is 1. The van der Waals surface area contributed by atoms with Crippen molar-refractivity contribution in [3.05, 3.63) is 48.6 Å². The van der Waals surface area contributed by atoms with Crippen LogP contribution in [0.15, 0.2) is 48.6 Å². The second-order valence-corrected chi connectivity index (χ2v) is 15.5. The molecule has 1 aliphatic rings. The van der Waals surface area contributed by atoms with E-state index in [4.69, 9.17) is 9.47 Å². The van der Waals surface area contributed by atoms with E-state index in [-0.39, 0.29) is 12.5 Å². The number of hydrogen-bond acceptors (Lipinski definition) is 8. The second-order valence-electron chi connectivity index (χ2n) is 15.5. The Bertz CT molecular complexity index is 998. The van der Waals surface area contributed by atoms with E-state index in [9.17, 15) is 30.3 Å². The van der Waals surface area contributed by atoms with Gasteiger partial charge >= 0.3 is 0 Å². The third kappa shape index (κ3) is 27.4. The van der Waals surface area contributed by atoms with E-state index < -0.39 is 49.5 Å². The lowest BCUT2D eigenvalue weighted by molar-refractivity contribution is -0.302. The van der Waals surface area contributed by atoms with Gasteiger partial charge < -0.3 is 40.3 Å². The van der Waals surface area contributed by atoms with Gasteiger partial charge in [0.25, 0.3) is 0 Å². The van der Waals surface area contributed by atoms with E-state index in [1.165, 1.54) is 103 Å². The van der Waals surface area contributed by atoms with Gasteiger partial charge in [0.1, 0.15) is 24.4 Å². The van der Waals surface area contributed by atoms with E-state index in [2.05, 4.69) is 55.6 Å². The lowest BCUT2D eigenvalue weighted by atomic mass is 9.99. The van der Waals surface area contributed by atoms with E-state index in [1.54, 1.807) is 6.08 Å². The summed E-state index contributed by atoms with van der Waals surface area (Å²) in [5.41, 5.74) is 0. The summed E-state index contributed by atoms with van der Waals surface area (Å²) in [5, 5.41) is 54.1. The summed E-state index contributed by atoms with van der Waals surface area (Å²) in [6.45, 7) is 3.71. The van der Waals surface area contributed by atoms with Crippen molar-refractivity contribution in [2.45, 2.75) is 224 Å². The van der Waals surface area contributed by atoms with Crippen LogP contribution in [-0.2, 0) is 14.3 Å². The first-order chi connectivity index (χ1) is 26.8. The Labute approximate surface area is 335 Å². The molecule has 0 aliphatic carbocycles. The van der Waals surface area contributed by atoms with Gasteiger partial charge in [-0.25, -0.2) is 0 Å². The van der Waals surface area contributed by atoms with Crippen LogP contribution in [0, 0.1) is 0 Å². The Balaban J connectivity index is 2.43. The summed E-state index contributed by atoms with van der Waals surface area (Å²) in [5.74, 6) is -0.210. The molecule has 1 saturated heterocycles. The summed E-state index contributed by atoms with van der Waals surface area (Å²) in [7, 11) is 0. The molecule has 1 rings (SSSR count). The molecule has 0 aromatic rings. The van der Waals surface area contributed by atoms with Gasteiger partial charge in [-0.2, -0.15) is 0 Å². The quantitative estimate of drug-likeness (QED) is 0.0273. The number of aliphatic hydroxyl groups is 5. The van der Waals surface area contributed by atoms with Crippen LogP contribution >= 0.6 is 0 Å². The maximum atomic E-state index is 12.9. The van der Waals surface area contributed by atoms with Gasteiger partial charge in [-0.3, -0.25) is 4.79 Å². The van der Waals surface area contributed by atoms with Gasteiger partial charge in [-0.15, -0.1) is 0 Å². The van der Waals surface area contributed by atoms with Crippen LogP contribution in [0.5, 0.6) is 0 Å². The number of allylic oxidation sites excluding steroid dienone is 7. The first kappa shape index (κ1) is 51.2. The van der Waals surface area contributed by atoms with Crippen LogP contribution in [0.25, 0.3) is 0 Å². The zero-order valence-electron chi connectivity index (χ0n) is 34.9. The fraction of sp³-hybridized carbons (Fsp3) is 0.804. The molecule has 7 unspecified atom stereocenters. The van der Waals surface area contributed by atoms with Crippen molar-refractivity contribution < 1.29 is 39.8 Å². The van der Waals surface area contributed by atoms with E-state index in [0.717, 1.165) is 57.8 Å². The standard InChI is InChI=1S/C46H83NO8/c1-3-5-7-9-11-13-15-17-18-19-20-21-22-24-25-27-29-31-33-35-40(49)39(38-54-46-45(53)44(52)43(51)41(37-48)55-46)47-42(50)36-34-32-30-28-26-23-16-14-12-10-8-6-4-2/h20-21,23,25-27,33,35,39-41,43-46,48-49,51-53H,3-19,22,24,28-32,34,36-38H2,1-2H3,(H,47,50)/b21-20+,26-23-,27-25+,35-33+. The molecule has 1 amide bonds. The van der Waals surface area contributed by atoms with Crippen molar-refractivity contribution in [1.82, 2.24) is 5.32 Å². The summed E-state index contributed by atoms with van der Waals surface area (Å²) in [4.78, 5) is 12.9. The summed E-state index contributed by atoms with van der Waals surface area (Å²) in [6, 6.07) is -0.834. The minimum Gasteiger partial charge on any atom is -0.394 e. The zero-order valence-corrected chi connectivity index (χ0v) is 34.9. The van der Waals surface area contributed by atoms with Gasteiger partial charge in [-0.05, 0) is 70.6 Å². The lowest BCUT2D eigenvalue weighted by Crippen LogP contribution is -2.60. The number of nitrogens with one attached hydrogen (secondary N) is 1. The fourth-order valence-electron chi connectivity index (χ4n) is 6.71. The molecule has 0 aromatic heterocycles. The molecule has 1 fully saturated rings. The Kier molecular flexibility index (Phi) is 33.9. The highest BCUT2D eigenvalue weighted by Gasteiger charge is 2.44. The average Bonchev–Trinajstić information content (AvgIpc) is 3.18.